The van der Waals surface area contributed by atoms with Gasteiger partial charge in [0.2, 0.25) is 0 Å². The molecule has 256 valence electrons. The highest BCUT2D eigenvalue weighted by molar-refractivity contribution is 6.33. The lowest BCUT2D eigenvalue weighted by atomic mass is 10.0. The molecule has 2 atom stereocenters. The van der Waals surface area contributed by atoms with E-state index in [2.05, 4.69) is 0 Å². The molecule has 6 rings (SSSR count). The van der Waals surface area contributed by atoms with E-state index in [0.717, 1.165) is 48.5 Å². The number of hydrogen-bond acceptors (Lipinski definition) is 7. The molecule has 0 spiro atoms. The number of anilines is 3. The summed E-state index contributed by atoms with van der Waals surface area (Å²) in [5.41, 5.74) is -2.76. The standard InChI is InChI=1S/C32H23Cl2F6N5O4/c33-19-14-23(37)17(12-29(19)44(46)47)27-4-5-28(18-13-30(45(48)49)20(34)15-24(18)38)43(27)16-10-25(39)32(26(40)11-16)42-8-6-41(7-9-42)31-21(35)2-1-3-22(31)36/h1-3,10-15,27-28H,4-9H2. The zero-order valence-electron chi connectivity index (χ0n) is 25.0. The first-order valence-corrected chi connectivity index (χ1v) is 15.5. The summed E-state index contributed by atoms with van der Waals surface area (Å²) in [6.45, 7) is 0.0144. The Bertz CT molecular complexity index is 1880. The topological polar surface area (TPSA) is 96.0 Å². The van der Waals surface area contributed by atoms with Crippen LogP contribution >= 0.6 is 23.2 Å². The number of nitro benzene ring substituents is 2. The Balaban J connectivity index is 1.40. The molecule has 2 aliphatic rings. The van der Waals surface area contributed by atoms with Gasteiger partial charge in [-0.1, -0.05) is 29.3 Å². The van der Waals surface area contributed by atoms with Crippen LogP contribution in [0, 0.1) is 55.1 Å². The second-order valence-corrected chi connectivity index (χ2v) is 12.3. The minimum Gasteiger partial charge on any atom is -0.363 e. The number of halogens is 8. The molecule has 4 aromatic carbocycles. The molecule has 0 amide bonds. The second-order valence-electron chi connectivity index (χ2n) is 11.5. The third-order valence-electron chi connectivity index (χ3n) is 8.78. The maximum Gasteiger partial charge on any atom is 0.288 e. The molecule has 2 aliphatic heterocycles. The predicted octanol–water partition coefficient (Wildman–Crippen LogP) is 9.05. The fourth-order valence-electron chi connectivity index (χ4n) is 6.63. The highest BCUT2D eigenvalue weighted by Gasteiger charge is 2.41. The number of para-hydroxylation sites is 1. The number of nitrogens with zero attached hydrogens (tertiary/aromatic N) is 5. The molecule has 9 nitrogen and oxygen atoms in total. The number of hydrogen-bond donors (Lipinski definition) is 0. The summed E-state index contributed by atoms with van der Waals surface area (Å²) in [5, 5.41) is 22.3. The Hall–Kier alpha value is -4.76. The lowest BCUT2D eigenvalue weighted by Crippen LogP contribution is -2.47. The highest BCUT2D eigenvalue weighted by atomic mass is 35.5. The van der Waals surface area contributed by atoms with Crippen LogP contribution in [-0.2, 0) is 0 Å². The number of piperazine rings is 1. The van der Waals surface area contributed by atoms with Crippen molar-refractivity contribution >= 4 is 51.6 Å². The molecule has 2 unspecified atom stereocenters. The summed E-state index contributed by atoms with van der Waals surface area (Å²) in [6, 6.07) is 6.17. The molecule has 0 radical (unpaired) electrons. The molecule has 0 aliphatic carbocycles. The molecule has 0 aromatic heterocycles. The van der Waals surface area contributed by atoms with Gasteiger partial charge in [0.1, 0.15) is 44.7 Å². The van der Waals surface area contributed by atoms with E-state index in [9.17, 15) is 29.0 Å². The van der Waals surface area contributed by atoms with Crippen LogP contribution in [0.1, 0.15) is 36.1 Å². The first-order valence-electron chi connectivity index (χ1n) is 14.7. The smallest absolute Gasteiger partial charge is 0.288 e. The van der Waals surface area contributed by atoms with Gasteiger partial charge in [-0.3, -0.25) is 20.2 Å². The van der Waals surface area contributed by atoms with Crippen LogP contribution in [0.4, 0.5) is 54.8 Å². The minimum atomic E-state index is -1.17. The largest absolute Gasteiger partial charge is 0.363 e. The van der Waals surface area contributed by atoms with Crippen molar-refractivity contribution in [2.24, 2.45) is 0 Å². The molecule has 2 heterocycles. The summed E-state index contributed by atoms with van der Waals surface area (Å²) in [7, 11) is 0. The molecule has 17 heteroatoms. The molecular formula is C32H23Cl2F6N5O4. The van der Waals surface area contributed by atoms with Crippen LogP contribution in [0.25, 0.3) is 0 Å². The van der Waals surface area contributed by atoms with Crippen molar-refractivity contribution < 1.29 is 36.2 Å². The molecule has 0 N–H and O–H groups in total. The third-order valence-corrected chi connectivity index (χ3v) is 9.38. The van der Waals surface area contributed by atoms with Crippen molar-refractivity contribution in [2.75, 3.05) is 40.9 Å². The van der Waals surface area contributed by atoms with E-state index in [1.807, 2.05) is 0 Å². The van der Waals surface area contributed by atoms with Crippen LogP contribution in [0.3, 0.4) is 0 Å². The van der Waals surface area contributed by atoms with E-state index >= 15 is 17.6 Å². The van der Waals surface area contributed by atoms with Crippen molar-refractivity contribution in [1.82, 2.24) is 0 Å². The maximum absolute atomic E-state index is 16.0. The van der Waals surface area contributed by atoms with Gasteiger partial charge in [0, 0.05) is 55.1 Å². The fourth-order valence-corrected chi connectivity index (χ4v) is 7.07. The van der Waals surface area contributed by atoms with E-state index in [0.29, 0.717) is 0 Å². The average molecular weight is 726 g/mol. The Morgan fingerprint density at radius 3 is 1.37 bits per heavy atom. The lowest BCUT2D eigenvalue weighted by Gasteiger charge is -2.38. The first kappa shape index (κ1) is 34.1. The van der Waals surface area contributed by atoms with Gasteiger partial charge in [0.05, 0.1) is 21.9 Å². The number of benzene rings is 4. The Kier molecular flexibility index (Phi) is 9.24. The summed E-state index contributed by atoms with van der Waals surface area (Å²) in [6.07, 6.45) is -0.0361. The van der Waals surface area contributed by atoms with E-state index in [1.54, 1.807) is 0 Å². The van der Waals surface area contributed by atoms with Gasteiger partial charge in [-0.25, -0.2) is 26.3 Å². The van der Waals surface area contributed by atoms with E-state index in [1.165, 1.54) is 20.8 Å². The molecule has 4 aromatic rings. The first-order chi connectivity index (χ1) is 23.3. The molecule has 0 saturated carbocycles. The molecule has 2 fully saturated rings. The average Bonchev–Trinajstić information content (AvgIpc) is 3.45. The quantitative estimate of drug-likeness (QED) is 0.107. The van der Waals surface area contributed by atoms with Crippen LogP contribution in [0.15, 0.2) is 54.6 Å². The fraction of sp³-hybridized carbons (Fsp3) is 0.250. The summed E-state index contributed by atoms with van der Waals surface area (Å²) in [4.78, 5) is 25.6. The van der Waals surface area contributed by atoms with Crippen LogP contribution in [0.2, 0.25) is 10.0 Å². The highest BCUT2D eigenvalue weighted by Crippen LogP contribution is 2.50. The van der Waals surface area contributed by atoms with Gasteiger partial charge in [0.25, 0.3) is 11.4 Å². The zero-order valence-corrected chi connectivity index (χ0v) is 26.5. The van der Waals surface area contributed by atoms with Gasteiger partial charge in [0.15, 0.2) is 11.6 Å². The molecule has 49 heavy (non-hydrogen) atoms. The SMILES string of the molecule is O=[N+]([O-])c1cc(C2CCC(c3cc([N+](=O)[O-])c(Cl)cc3F)N2c2cc(F)c(N3CCN(c4c(F)cccc4F)CC3)c(F)c2)c(F)cc1Cl. The van der Waals surface area contributed by atoms with Gasteiger partial charge in [-0.2, -0.15) is 0 Å². The third kappa shape index (κ3) is 6.28. The predicted molar refractivity (Wildman–Crippen MR) is 170 cm³/mol. The number of nitro groups is 2. The minimum absolute atomic E-state index is 0.0181. The monoisotopic (exact) mass is 725 g/mol. The summed E-state index contributed by atoms with van der Waals surface area (Å²) < 4.78 is 91.4. The van der Waals surface area contributed by atoms with Crippen molar-refractivity contribution in [2.45, 2.75) is 24.9 Å². The Morgan fingerprint density at radius 2 is 0.980 bits per heavy atom. The van der Waals surface area contributed by atoms with Crippen molar-refractivity contribution in [1.29, 1.82) is 0 Å². The van der Waals surface area contributed by atoms with Crippen LogP contribution in [-0.4, -0.2) is 36.0 Å². The Morgan fingerprint density at radius 1 is 0.592 bits per heavy atom. The van der Waals surface area contributed by atoms with Crippen LogP contribution < -0.4 is 14.7 Å². The van der Waals surface area contributed by atoms with Crippen molar-refractivity contribution in [3.8, 4) is 0 Å². The lowest BCUT2D eigenvalue weighted by molar-refractivity contribution is -0.384. The van der Waals surface area contributed by atoms with Gasteiger partial charge in [-0.15, -0.1) is 0 Å². The zero-order chi connectivity index (χ0) is 35.3. The van der Waals surface area contributed by atoms with Gasteiger partial charge in [-0.05, 0) is 49.2 Å². The normalized spacial score (nSPS) is 17.9. The van der Waals surface area contributed by atoms with E-state index < -0.39 is 83.9 Å². The summed E-state index contributed by atoms with van der Waals surface area (Å²) >= 11 is 11.8. The van der Waals surface area contributed by atoms with Crippen molar-refractivity contribution in [3.63, 3.8) is 0 Å². The van der Waals surface area contributed by atoms with Crippen molar-refractivity contribution in [3.05, 3.63) is 131 Å². The number of rotatable bonds is 7. The van der Waals surface area contributed by atoms with Gasteiger partial charge < -0.3 is 14.7 Å². The molecule has 2 saturated heterocycles. The second kappa shape index (κ2) is 13.3. The van der Waals surface area contributed by atoms with Crippen LogP contribution in [0.5, 0.6) is 0 Å². The van der Waals surface area contributed by atoms with E-state index in [-0.39, 0.29) is 61.5 Å². The summed E-state index contributed by atoms with van der Waals surface area (Å²) in [5.74, 6) is -5.67. The van der Waals surface area contributed by atoms with E-state index in [4.69, 9.17) is 23.2 Å². The molecule has 0 bridgehead atoms. The molecular weight excluding hydrogens is 703 g/mol. The Labute approximate surface area is 284 Å². The van der Waals surface area contributed by atoms with Gasteiger partial charge >= 0.3 is 0 Å². The maximum atomic E-state index is 16.0.